The van der Waals surface area contributed by atoms with Gasteiger partial charge in [0.1, 0.15) is 5.75 Å². The predicted molar refractivity (Wildman–Crippen MR) is 89.6 cm³/mol. The molecule has 22 heavy (non-hydrogen) atoms. The smallest absolute Gasteiger partial charge is 0.191 e. The third-order valence-corrected chi connectivity index (χ3v) is 3.68. The summed E-state index contributed by atoms with van der Waals surface area (Å²) in [5.41, 5.74) is 2.63. The van der Waals surface area contributed by atoms with Crippen molar-refractivity contribution in [1.29, 1.82) is 0 Å². The average Bonchev–Trinajstić information content (AvgIpc) is 2.99. The van der Waals surface area contributed by atoms with Crippen LogP contribution in [0.1, 0.15) is 25.0 Å². The molecule has 2 rings (SSSR count). The van der Waals surface area contributed by atoms with E-state index in [0.717, 1.165) is 44.2 Å². The fraction of sp³-hybridized carbons (Fsp3) is 0.588. The van der Waals surface area contributed by atoms with Crippen molar-refractivity contribution < 1.29 is 9.84 Å². The number of aliphatic imine (C=N–C) groups is 1. The molecule has 3 N–H and O–H groups in total. The van der Waals surface area contributed by atoms with Crippen molar-refractivity contribution in [3.05, 3.63) is 29.3 Å². The minimum Gasteiger partial charge on any atom is -0.493 e. The first-order chi connectivity index (χ1) is 10.7. The molecule has 1 aromatic rings. The topological polar surface area (TPSA) is 65.9 Å². The van der Waals surface area contributed by atoms with E-state index in [1.165, 1.54) is 11.1 Å². The lowest BCUT2D eigenvalue weighted by atomic mass is 10.1. The van der Waals surface area contributed by atoms with Crippen LogP contribution in [0.15, 0.2) is 23.2 Å². The number of nitrogens with zero attached hydrogens (tertiary/aromatic N) is 1. The molecule has 1 aromatic carbocycles. The lowest BCUT2D eigenvalue weighted by Crippen LogP contribution is -2.38. The van der Waals surface area contributed by atoms with E-state index in [0.29, 0.717) is 6.54 Å². The summed E-state index contributed by atoms with van der Waals surface area (Å²) in [4.78, 5) is 4.49. The number of aliphatic hydroxyl groups is 1. The Hall–Kier alpha value is -1.75. The zero-order valence-electron chi connectivity index (χ0n) is 13.6. The fourth-order valence-corrected chi connectivity index (χ4v) is 2.37. The molecule has 5 heteroatoms. The maximum atomic E-state index is 9.06. The summed E-state index contributed by atoms with van der Waals surface area (Å²) in [7, 11) is 0. The highest BCUT2D eigenvalue weighted by molar-refractivity contribution is 5.79. The van der Waals surface area contributed by atoms with Gasteiger partial charge >= 0.3 is 0 Å². The van der Waals surface area contributed by atoms with Gasteiger partial charge in [-0.2, -0.15) is 0 Å². The van der Waals surface area contributed by atoms with Gasteiger partial charge in [0.15, 0.2) is 5.96 Å². The Morgan fingerprint density at radius 2 is 2.27 bits per heavy atom. The Balaban J connectivity index is 1.82. The molecular formula is C17H27N3O2. The zero-order chi connectivity index (χ0) is 15.8. The Morgan fingerprint density at radius 3 is 3.05 bits per heavy atom. The van der Waals surface area contributed by atoms with Crippen molar-refractivity contribution in [3.63, 3.8) is 0 Å². The zero-order valence-corrected chi connectivity index (χ0v) is 13.6. The first-order valence-corrected chi connectivity index (χ1v) is 8.10. The van der Waals surface area contributed by atoms with Crippen molar-refractivity contribution in [1.82, 2.24) is 10.6 Å². The maximum Gasteiger partial charge on any atom is 0.191 e. The maximum absolute atomic E-state index is 9.06. The van der Waals surface area contributed by atoms with Gasteiger partial charge in [-0.05, 0) is 36.5 Å². The molecule has 0 bridgehead atoms. The van der Waals surface area contributed by atoms with E-state index in [1.54, 1.807) is 0 Å². The van der Waals surface area contributed by atoms with Crippen LogP contribution in [0.3, 0.4) is 0 Å². The minimum absolute atomic E-state index is 0.167. The standard InChI is InChI=1S/C17H27N3O2/c1-3-18-17(20-11-13(2)12-21)19-8-6-14-4-5-16-15(10-14)7-9-22-16/h4-5,10,13,21H,3,6-9,11-12H2,1-2H3,(H2,18,19,20). The number of guanidine groups is 1. The minimum atomic E-state index is 0.167. The summed E-state index contributed by atoms with van der Waals surface area (Å²) in [6.45, 7) is 7.29. The normalized spacial score (nSPS) is 15.1. The third kappa shape index (κ3) is 4.91. The van der Waals surface area contributed by atoms with E-state index in [4.69, 9.17) is 9.84 Å². The second kappa shape index (κ2) is 8.63. The van der Waals surface area contributed by atoms with Gasteiger partial charge in [-0.15, -0.1) is 0 Å². The average molecular weight is 305 g/mol. The van der Waals surface area contributed by atoms with E-state index in [2.05, 4.69) is 33.8 Å². The molecule has 0 amide bonds. The van der Waals surface area contributed by atoms with Crippen LogP contribution in [0.5, 0.6) is 5.75 Å². The number of fused-ring (bicyclic) bond motifs is 1. The van der Waals surface area contributed by atoms with Gasteiger partial charge in [0.25, 0.3) is 0 Å². The van der Waals surface area contributed by atoms with Crippen LogP contribution in [0.2, 0.25) is 0 Å². The van der Waals surface area contributed by atoms with Crippen molar-refractivity contribution in [2.45, 2.75) is 26.7 Å². The Morgan fingerprint density at radius 1 is 1.41 bits per heavy atom. The van der Waals surface area contributed by atoms with Crippen LogP contribution in [0.25, 0.3) is 0 Å². The predicted octanol–water partition coefficient (Wildman–Crippen LogP) is 1.35. The number of ether oxygens (including phenoxy) is 1. The number of rotatable bonds is 7. The summed E-state index contributed by atoms with van der Waals surface area (Å²) in [6.07, 6.45) is 1.97. The fourth-order valence-electron chi connectivity index (χ4n) is 2.37. The van der Waals surface area contributed by atoms with Crippen molar-refractivity contribution >= 4 is 5.96 Å². The molecule has 0 aromatic heterocycles. The van der Waals surface area contributed by atoms with Crippen LogP contribution < -0.4 is 15.4 Å². The molecule has 0 saturated heterocycles. The largest absolute Gasteiger partial charge is 0.493 e. The van der Waals surface area contributed by atoms with Gasteiger partial charge in [0.05, 0.1) is 6.61 Å². The summed E-state index contributed by atoms with van der Waals surface area (Å²) in [5, 5.41) is 15.6. The van der Waals surface area contributed by atoms with Crippen molar-refractivity contribution in [3.8, 4) is 5.75 Å². The molecule has 1 atom stereocenters. The van der Waals surface area contributed by atoms with E-state index < -0.39 is 0 Å². The monoisotopic (exact) mass is 305 g/mol. The highest BCUT2D eigenvalue weighted by atomic mass is 16.5. The summed E-state index contributed by atoms with van der Waals surface area (Å²) in [6, 6.07) is 6.44. The van der Waals surface area contributed by atoms with Gasteiger partial charge in [-0.3, -0.25) is 4.99 Å². The summed E-state index contributed by atoms with van der Waals surface area (Å²) in [5.74, 6) is 2.03. The van der Waals surface area contributed by atoms with Crippen LogP contribution in [0, 0.1) is 5.92 Å². The third-order valence-electron chi connectivity index (χ3n) is 3.68. The van der Waals surface area contributed by atoms with Gasteiger partial charge < -0.3 is 20.5 Å². The van der Waals surface area contributed by atoms with Gasteiger partial charge in [0.2, 0.25) is 0 Å². The quantitative estimate of drug-likeness (QED) is 0.525. The molecular weight excluding hydrogens is 278 g/mol. The number of hydrogen-bond acceptors (Lipinski definition) is 3. The molecule has 1 aliphatic rings. The van der Waals surface area contributed by atoms with Crippen LogP contribution in [0.4, 0.5) is 0 Å². The lowest BCUT2D eigenvalue weighted by Gasteiger charge is -2.12. The first-order valence-electron chi connectivity index (χ1n) is 8.10. The van der Waals surface area contributed by atoms with Crippen LogP contribution in [-0.2, 0) is 12.8 Å². The summed E-state index contributed by atoms with van der Waals surface area (Å²) >= 11 is 0. The molecule has 1 unspecified atom stereocenters. The molecule has 122 valence electrons. The molecule has 5 nitrogen and oxygen atoms in total. The highest BCUT2D eigenvalue weighted by Crippen LogP contribution is 2.25. The van der Waals surface area contributed by atoms with Gasteiger partial charge in [0, 0.05) is 32.7 Å². The highest BCUT2D eigenvalue weighted by Gasteiger charge is 2.11. The van der Waals surface area contributed by atoms with Gasteiger partial charge in [-0.25, -0.2) is 0 Å². The van der Waals surface area contributed by atoms with Crippen molar-refractivity contribution in [2.24, 2.45) is 10.9 Å². The molecule has 0 radical (unpaired) electrons. The van der Waals surface area contributed by atoms with Crippen molar-refractivity contribution in [2.75, 3.05) is 32.8 Å². The second-order valence-corrected chi connectivity index (χ2v) is 5.72. The molecule has 1 heterocycles. The van der Waals surface area contributed by atoms with E-state index in [1.807, 2.05) is 13.8 Å². The Kier molecular flexibility index (Phi) is 6.52. The molecule has 0 saturated carbocycles. The van der Waals surface area contributed by atoms with E-state index in [9.17, 15) is 0 Å². The molecule has 0 fully saturated rings. The number of aliphatic hydroxyl groups excluding tert-OH is 1. The van der Waals surface area contributed by atoms with E-state index >= 15 is 0 Å². The van der Waals surface area contributed by atoms with Crippen LogP contribution >= 0.6 is 0 Å². The Bertz CT molecular complexity index is 503. The SMILES string of the molecule is CCNC(=NCC(C)CO)NCCc1ccc2c(c1)CCO2. The second-order valence-electron chi connectivity index (χ2n) is 5.72. The number of nitrogens with one attached hydrogen (secondary N) is 2. The Labute approximate surface area is 132 Å². The van der Waals surface area contributed by atoms with Crippen LogP contribution in [-0.4, -0.2) is 43.9 Å². The van der Waals surface area contributed by atoms with Gasteiger partial charge in [-0.1, -0.05) is 19.1 Å². The number of benzene rings is 1. The summed E-state index contributed by atoms with van der Waals surface area (Å²) < 4.78 is 5.53. The lowest BCUT2D eigenvalue weighted by molar-refractivity contribution is 0.241. The number of hydrogen-bond donors (Lipinski definition) is 3. The van der Waals surface area contributed by atoms with E-state index in [-0.39, 0.29) is 12.5 Å². The molecule has 1 aliphatic heterocycles. The molecule has 0 aliphatic carbocycles. The molecule has 0 spiro atoms. The first kappa shape index (κ1) is 16.6.